The molecule has 9 aromatic rings. The van der Waals surface area contributed by atoms with Crippen LogP contribution in [0, 0.1) is 0 Å². The molecule has 0 aliphatic rings. The summed E-state index contributed by atoms with van der Waals surface area (Å²) in [6, 6.07) is 70.1. The molecule has 8 aromatic carbocycles. The monoisotopic (exact) mass is 663 g/mol. The first-order valence-corrected chi connectivity index (χ1v) is 17.5. The standard InChI is InChI=1S/C49H33N3/c1-4-14-34(15-5-1)39-22-12-24-42(30-39)47-50-48(52-49(51-47)44-27-26-36-18-10-11-21-38(36)31-44)43-25-13-23-41(32-43)45-29-28-40(35-16-6-2-7-17-35)33-46(45)37-19-8-3-9-20-37/h1-33H. The Bertz CT molecular complexity index is 2670. The average molecular weight is 664 g/mol. The van der Waals surface area contributed by atoms with Crippen molar-refractivity contribution in [3.05, 3.63) is 200 Å². The van der Waals surface area contributed by atoms with Crippen LogP contribution in [0.5, 0.6) is 0 Å². The minimum atomic E-state index is 0.627. The molecule has 0 spiro atoms. The van der Waals surface area contributed by atoms with E-state index in [0.717, 1.165) is 44.3 Å². The Labute approximate surface area is 303 Å². The molecule has 0 N–H and O–H groups in total. The first-order valence-electron chi connectivity index (χ1n) is 17.5. The van der Waals surface area contributed by atoms with Crippen LogP contribution in [0.4, 0.5) is 0 Å². The fourth-order valence-corrected chi connectivity index (χ4v) is 6.85. The van der Waals surface area contributed by atoms with Gasteiger partial charge in [0.05, 0.1) is 0 Å². The summed E-state index contributed by atoms with van der Waals surface area (Å²) >= 11 is 0. The fraction of sp³-hybridized carbons (Fsp3) is 0. The molecule has 244 valence electrons. The van der Waals surface area contributed by atoms with Crippen LogP contribution in [0.25, 0.3) is 89.4 Å². The molecule has 0 amide bonds. The maximum Gasteiger partial charge on any atom is 0.164 e. The fourth-order valence-electron chi connectivity index (χ4n) is 6.85. The topological polar surface area (TPSA) is 38.7 Å². The number of aromatic nitrogens is 3. The molecule has 3 heteroatoms. The number of benzene rings is 8. The van der Waals surface area contributed by atoms with Gasteiger partial charge in [-0.2, -0.15) is 0 Å². The first-order chi connectivity index (χ1) is 25.7. The second-order valence-corrected chi connectivity index (χ2v) is 12.9. The summed E-state index contributed by atoms with van der Waals surface area (Å²) in [6.07, 6.45) is 0. The maximum atomic E-state index is 5.14. The van der Waals surface area contributed by atoms with Crippen molar-refractivity contribution < 1.29 is 0 Å². The summed E-state index contributed by atoms with van der Waals surface area (Å²) < 4.78 is 0. The second kappa shape index (κ2) is 13.7. The van der Waals surface area contributed by atoms with E-state index < -0.39 is 0 Å². The Morgan fingerprint density at radius 2 is 0.635 bits per heavy atom. The van der Waals surface area contributed by atoms with Gasteiger partial charge in [-0.1, -0.05) is 176 Å². The van der Waals surface area contributed by atoms with Crippen LogP contribution in [-0.4, -0.2) is 15.0 Å². The largest absolute Gasteiger partial charge is 0.208 e. The van der Waals surface area contributed by atoms with E-state index in [0.29, 0.717) is 17.5 Å². The van der Waals surface area contributed by atoms with Gasteiger partial charge in [-0.25, -0.2) is 15.0 Å². The van der Waals surface area contributed by atoms with E-state index in [1.165, 1.54) is 27.6 Å². The van der Waals surface area contributed by atoms with E-state index in [1.54, 1.807) is 0 Å². The molecule has 1 heterocycles. The van der Waals surface area contributed by atoms with Crippen LogP contribution in [0.1, 0.15) is 0 Å². The molecule has 9 rings (SSSR count). The smallest absolute Gasteiger partial charge is 0.164 e. The van der Waals surface area contributed by atoms with Gasteiger partial charge in [0.2, 0.25) is 0 Å². The van der Waals surface area contributed by atoms with Crippen LogP contribution >= 0.6 is 0 Å². The number of nitrogens with zero attached hydrogens (tertiary/aromatic N) is 3. The Morgan fingerprint density at radius 3 is 1.25 bits per heavy atom. The lowest BCUT2D eigenvalue weighted by Gasteiger charge is -2.14. The third kappa shape index (κ3) is 6.28. The first kappa shape index (κ1) is 31.0. The van der Waals surface area contributed by atoms with E-state index in [4.69, 9.17) is 15.0 Å². The lowest BCUT2D eigenvalue weighted by molar-refractivity contribution is 1.07. The molecule has 52 heavy (non-hydrogen) atoms. The van der Waals surface area contributed by atoms with E-state index >= 15 is 0 Å². The molecule has 0 atom stereocenters. The van der Waals surface area contributed by atoms with Gasteiger partial charge in [-0.15, -0.1) is 0 Å². The Kier molecular flexibility index (Phi) is 8.20. The second-order valence-electron chi connectivity index (χ2n) is 12.9. The molecule has 3 nitrogen and oxygen atoms in total. The van der Waals surface area contributed by atoms with Crippen LogP contribution in [0.2, 0.25) is 0 Å². The van der Waals surface area contributed by atoms with Gasteiger partial charge in [0, 0.05) is 16.7 Å². The summed E-state index contributed by atoms with van der Waals surface area (Å²) in [5, 5.41) is 2.32. The van der Waals surface area contributed by atoms with Crippen molar-refractivity contribution >= 4 is 10.8 Å². The quantitative estimate of drug-likeness (QED) is 0.170. The van der Waals surface area contributed by atoms with Gasteiger partial charge < -0.3 is 0 Å². The van der Waals surface area contributed by atoms with E-state index in [-0.39, 0.29) is 0 Å². The van der Waals surface area contributed by atoms with E-state index in [9.17, 15) is 0 Å². The molecule has 0 aliphatic heterocycles. The summed E-state index contributed by atoms with van der Waals surface area (Å²) in [6.45, 7) is 0. The van der Waals surface area contributed by atoms with Crippen molar-refractivity contribution in [2.45, 2.75) is 0 Å². The summed E-state index contributed by atoms with van der Waals surface area (Å²) in [5.41, 5.74) is 12.0. The van der Waals surface area contributed by atoms with Crippen molar-refractivity contribution in [1.82, 2.24) is 15.0 Å². The molecular formula is C49H33N3. The molecule has 0 saturated carbocycles. The molecule has 0 saturated heterocycles. The minimum Gasteiger partial charge on any atom is -0.208 e. The van der Waals surface area contributed by atoms with Gasteiger partial charge in [0.1, 0.15) is 0 Å². The lowest BCUT2D eigenvalue weighted by atomic mass is 9.90. The molecule has 1 aromatic heterocycles. The number of hydrogen-bond acceptors (Lipinski definition) is 3. The van der Waals surface area contributed by atoms with Gasteiger partial charge in [-0.05, 0) is 79.5 Å². The molecule has 0 fully saturated rings. The molecule has 0 bridgehead atoms. The Hall–Kier alpha value is -6.97. The van der Waals surface area contributed by atoms with E-state index in [1.807, 2.05) is 6.07 Å². The van der Waals surface area contributed by atoms with Crippen molar-refractivity contribution in [2.24, 2.45) is 0 Å². The highest BCUT2D eigenvalue weighted by Crippen LogP contribution is 2.37. The number of rotatable bonds is 7. The SMILES string of the molecule is c1ccc(-c2cccc(-c3nc(-c4cccc(-c5ccc(-c6ccccc6)cc5-c5ccccc5)c4)nc(-c4ccc5ccccc5c4)n3)c2)cc1. The molecule has 0 unspecified atom stereocenters. The van der Waals surface area contributed by atoms with Crippen LogP contribution < -0.4 is 0 Å². The molecule has 0 aliphatic carbocycles. The lowest BCUT2D eigenvalue weighted by Crippen LogP contribution is -2.00. The number of fused-ring (bicyclic) bond motifs is 1. The highest BCUT2D eigenvalue weighted by Gasteiger charge is 2.16. The predicted octanol–water partition coefficient (Wildman–Crippen LogP) is 12.7. The Morgan fingerprint density at radius 1 is 0.212 bits per heavy atom. The minimum absolute atomic E-state index is 0.627. The zero-order valence-electron chi connectivity index (χ0n) is 28.4. The van der Waals surface area contributed by atoms with Crippen molar-refractivity contribution in [3.8, 4) is 78.7 Å². The van der Waals surface area contributed by atoms with Gasteiger partial charge in [0.25, 0.3) is 0 Å². The van der Waals surface area contributed by atoms with Gasteiger partial charge in [0.15, 0.2) is 17.5 Å². The highest BCUT2D eigenvalue weighted by molar-refractivity contribution is 5.89. The molecular weight excluding hydrogens is 631 g/mol. The summed E-state index contributed by atoms with van der Waals surface area (Å²) in [4.78, 5) is 15.4. The van der Waals surface area contributed by atoms with Crippen LogP contribution in [0.15, 0.2) is 200 Å². The highest BCUT2D eigenvalue weighted by atomic mass is 15.0. The average Bonchev–Trinajstić information content (AvgIpc) is 3.24. The normalized spacial score (nSPS) is 11.1. The predicted molar refractivity (Wildman–Crippen MR) is 215 cm³/mol. The summed E-state index contributed by atoms with van der Waals surface area (Å²) in [7, 11) is 0. The Balaban J connectivity index is 1.19. The third-order valence-electron chi connectivity index (χ3n) is 9.51. The zero-order chi connectivity index (χ0) is 34.7. The van der Waals surface area contributed by atoms with Crippen molar-refractivity contribution in [1.29, 1.82) is 0 Å². The third-order valence-corrected chi connectivity index (χ3v) is 9.51. The number of hydrogen-bond donors (Lipinski definition) is 0. The summed E-state index contributed by atoms with van der Waals surface area (Å²) in [5.74, 6) is 1.90. The molecule has 0 radical (unpaired) electrons. The van der Waals surface area contributed by atoms with Crippen LogP contribution in [-0.2, 0) is 0 Å². The van der Waals surface area contributed by atoms with Crippen molar-refractivity contribution in [2.75, 3.05) is 0 Å². The van der Waals surface area contributed by atoms with Gasteiger partial charge >= 0.3 is 0 Å². The zero-order valence-corrected chi connectivity index (χ0v) is 28.4. The van der Waals surface area contributed by atoms with Gasteiger partial charge in [-0.3, -0.25) is 0 Å². The van der Waals surface area contributed by atoms with Crippen molar-refractivity contribution in [3.63, 3.8) is 0 Å². The van der Waals surface area contributed by atoms with Crippen LogP contribution in [0.3, 0.4) is 0 Å². The van der Waals surface area contributed by atoms with E-state index in [2.05, 4.69) is 194 Å². The maximum absolute atomic E-state index is 5.14.